The van der Waals surface area contributed by atoms with Crippen LogP contribution in [0.15, 0.2) is 30.0 Å². The van der Waals surface area contributed by atoms with Crippen LogP contribution in [-0.4, -0.2) is 10.2 Å². The van der Waals surface area contributed by atoms with Gasteiger partial charge >= 0.3 is 0 Å². The van der Waals surface area contributed by atoms with Gasteiger partial charge in [0.1, 0.15) is 11.5 Å². The van der Waals surface area contributed by atoms with Crippen LogP contribution in [0, 0.1) is 41.5 Å². The maximum absolute atomic E-state index is 11.3. The Balaban J connectivity index is 2.45. The quantitative estimate of drug-likeness (QED) is 0.269. The van der Waals surface area contributed by atoms with E-state index >= 15 is 0 Å². The first-order valence-corrected chi connectivity index (χ1v) is 12.5. The number of phenols is 2. The third-order valence-electron chi connectivity index (χ3n) is 5.58. The number of phenolic OH excluding ortho intramolecular Hbond substituents is 2. The average molecular weight is 662 g/mol. The fourth-order valence-electron chi connectivity index (χ4n) is 4.21. The van der Waals surface area contributed by atoms with Crippen molar-refractivity contribution >= 4 is 63.7 Å². The summed E-state index contributed by atoms with van der Waals surface area (Å²) >= 11 is 14.5. The molecular formula is C24H22Br4O2. The van der Waals surface area contributed by atoms with E-state index < -0.39 is 0 Å². The zero-order valence-corrected chi connectivity index (χ0v) is 23.9. The van der Waals surface area contributed by atoms with Crippen LogP contribution in [-0.2, 0) is 0 Å². The van der Waals surface area contributed by atoms with Crippen molar-refractivity contribution < 1.29 is 10.2 Å². The lowest BCUT2D eigenvalue weighted by Crippen LogP contribution is -1.98. The fourth-order valence-corrected chi connectivity index (χ4v) is 6.01. The third-order valence-corrected chi connectivity index (χ3v) is 9.57. The maximum Gasteiger partial charge on any atom is 0.139 e. The monoisotopic (exact) mass is 658 g/mol. The number of aryl methyl sites for hydroxylation is 4. The molecule has 3 rings (SSSR count). The van der Waals surface area contributed by atoms with Gasteiger partial charge in [-0.15, -0.1) is 0 Å². The Morgan fingerprint density at radius 1 is 0.467 bits per heavy atom. The van der Waals surface area contributed by atoms with Crippen LogP contribution >= 0.6 is 63.7 Å². The van der Waals surface area contributed by atoms with E-state index in [2.05, 4.69) is 75.9 Å². The molecule has 3 aromatic rings. The summed E-state index contributed by atoms with van der Waals surface area (Å²) < 4.78 is 2.91. The Bertz CT molecular complexity index is 1090. The van der Waals surface area contributed by atoms with E-state index in [-0.39, 0.29) is 11.5 Å². The highest BCUT2D eigenvalue weighted by atomic mass is 79.9. The van der Waals surface area contributed by atoms with Crippen molar-refractivity contribution in [3.05, 3.63) is 63.4 Å². The molecule has 0 saturated heterocycles. The summed E-state index contributed by atoms with van der Waals surface area (Å²) in [6.45, 7) is 12.1. The van der Waals surface area contributed by atoms with Crippen LogP contribution < -0.4 is 0 Å². The molecule has 0 aromatic heterocycles. The standard InChI is InChI=1S/C24H22Br4O2/c1-9-7-11(3)19(25)13(5)15(9)17-21(27)24(30)18(22(28)23(17)29)16-10(2)8-12(4)20(26)14(16)6/h7-8,29-30H,1-6H3. The lowest BCUT2D eigenvalue weighted by Gasteiger charge is -2.22. The molecule has 3 aromatic carbocycles. The van der Waals surface area contributed by atoms with Crippen molar-refractivity contribution in [1.29, 1.82) is 0 Å². The molecule has 0 aliphatic heterocycles. The molecule has 0 bridgehead atoms. The lowest BCUT2D eigenvalue weighted by atomic mass is 9.89. The van der Waals surface area contributed by atoms with E-state index in [1.807, 2.05) is 41.5 Å². The van der Waals surface area contributed by atoms with Crippen molar-refractivity contribution in [1.82, 2.24) is 0 Å². The normalized spacial score (nSPS) is 11.3. The molecule has 0 fully saturated rings. The van der Waals surface area contributed by atoms with Gasteiger partial charge in [0, 0.05) is 20.1 Å². The van der Waals surface area contributed by atoms with Crippen molar-refractivity contribution in [2.75, 3.05) is 0 Å². The Hall–Kier alpha value is -0.820. The molecule has 0 saturated carbocycles. The molecule has 0 aliphatic carbocycles. The number of aromatic hydroxyl groups is 2. The van der Waals surface area contributed by atoms with Crippen LogP contribution in [0.25, 0.3) is 22.3 Å². The van der Waals surface area contributed by atoms with Gasteiger partial charge in [-0.2, -0.15) is 0 Å². The van der Waals surface area contributed by atoms with Gasteiger partial charge in [0.15, 0.2) is 0 Å². The Labute approximate surface area is 211 Å². The minimum atomic E-state index is 0.0899. The van der Waals surface area contributed by atoms with Gasteiger partial charge in [0.2, 0.25) is 0 Å². The van der Waals surface area contributed by atoms with E-state index in [1.54, 1.807) is 0 Å². The minimum absolute atomic E-state index is 0.0899. The molecule has 158 valence electrons. The van der Waals surface area contributed by atoms with Gasteiger partial charge in [-0.05, 0) is 118 Å². The van der Waals surface area contributed by atoms with Crippen molar-refractivity contribution in [3.8, 4) is 33.8 Å². The van der Waals surface area contributed by atoms with Gasteiger partial charge in [-0.1, -0.05) is 44.0 Å². The highest BCUT2D eigenvalue weighted by Crippen LogP contribution is 2.55. The molecule has 2 N–H and O–H groups in total. The van der Waals surface area contributed by atoms with Crippen molar-refractivity contribution in [2.24, 2.45) is 0 Å². The van der Waals surface area contributed by atoms with Crippen LogP contribution in [0.4, 0.5) is 0 Å². The summed E-state index contributed by atoms with van der Waals surface area (Å²) in [5.41, 5.74) is 9.22. The maximum atomic E-state index is 11.3. The number of hydrogen-bond donors (Lipinski definition) is 2. The molecule has 6 heteroatoms. The van der Waals surface area contributed by atoms with E-state index in [4.69, 9.17) is 0 Å². The van der Waals surface area contributed by atoms with E-state index in [0.29, 0.717) is 20.1 Å². The van der Waals surface area contributed by atoms with Crippen LogP contribution in [0.2, 0.25) is 0 Å². The van der Waals surface area contributed by atoms with Gasteiger partial charge in [0.25, 0.3) is 0 Å². The van der Waals surface area contributed by atoms with Gasteiger partial charge in [-0.25, -0.2) is 0 Å². The third kappa shape index (κ3) is 3.68. The summed E-state index contributed by atoms with van der Waals surface area (Å²) in [4.78, 5) is 0. The van der Waals surface area contributed by atoms with Crippen LogP contribution in [0.1, 0.15) is 33.4 Å². The molecule has 0 amide bonds. The molecule has 0 atom stereocenters. The van der Waals surface area contributed by atoms with Crippen LogP contribution in [0.5, 0.6) is 11.5 Å². The highest BCUT2D eigenvalue weighted by Gasteiger charge is 2.27. The molecular weight excluding hydrogens is 640 g/mol. The first-order chi connectivity index (χ1) is 13.9. The number of halogens is 4. The Kier molecular flexibility index (Phi) is 6.84. The summed E-state index contributed by atoms with van der Waals surface area (Å²) in [6, 6.07) is 4.14. The second-order valence-electron chi connectivity index (χ2n) is 7.72. The predicted octanol–water partition coefficient (Wildman–Crippen LogP) is 9.33. The first kappa shape index (κ1) is 23.8. The van der Waals surface area contributed by atoms with E-state index in [1.165, 1.54) is 0 Å². The predicted molar refractivity (Wildman–Crippen MR) is 140 cm³/mol. The van der Waals surface area contributed by atoms with Crippen molar-refractivity contribution in [2.45, 2.75) is 41.5 Å². The van der Waals surface area contributed by atoms with E-state index in [0.717, 1.165) is 53.5 Å². The molecule has 0 heterocycles. The number of hydrogen-bond acceptors (Lipinski definition) is 2. The first-order valence-electron chi connectivity index (χ1n) is 9.36. The molecule has 0 unspecified atom stereocenters. The van der Waals surface area contributed by atoms with Crippen LogP contribution in [0.3, 0.4) is 0 Å². The van der Waals surface area contributed by atoms with Gasteiger partial charge in [-0.3, -0.25) is 0 Å². The largest absolute Gasteiger partial charge is 0.506 e. The molecule has 2 nitrogen and oxygen atoms in total. The zero-order valence-electron chi connectivity index (χ0n) is 17.6. The fraction of sp³-hybridized carbons (Fsp3) is 0.250. The molecule has 0 aliphatic rings. The summed E-state index contributed by atoms with van der Waals surface area (Å²) in [5.74, 6) is 0.180. The van der Waals surface area contributed by atoms with Crippen molar-refractivity contribution in [3.63, 3.8) is 0 Å². The average Bonchev–Trinajstić information content (AvgIpc) is 2.68. The number of rotatable bonds is 2. The summed E-state index contributed by atoms with van der Waals surface area (Å²) in [5, 5.41) is 22.6. The molecule has 0 radical (unpaired) electrons. The zero-order chi connectivity index (χ0) is 22.7. The SMILES string of the molecule is Cc1cc(C)c(-c2c(O)c(Br)c(-c3c(C)cc(C)c(Br)c3C)c(O)c2Br)c(C)c1Br. The lowest BCUT2D eigenvalue weighted by molar-refractivity contribution is 0.458. The second kappa shape index (κ2) is 8.61. The van der Waals surface area contributed by atoms with Gasteiger partial charge < -0.3 is 10.2 Å². The Morgan fingerprint density at radius 3 is 1.07 bits per heavy atom. The topological polar surface area (TPSA) is 40.5 Å². The second-order valence-corrected chi connectivity index (χ2v) is 10.9. The molecule has 30 heavy (non-hydrogen) atoms. The highest BCUT2D eigenvalue weighted by molar-refractivity contribution is 9.11. The van der Waals surface area contributed by atoms with Gasteiger partial charge in [0.05, 0.1) is 8.95 Å². The minimum Gasteiger partial charge on any atom is -0.506 e. The Morgan fingerprint density at radius 2 is 0.767 bits per heavy atom. The summed E-state index contributed by atoms with van der Waals surface area (Å²) in [7, 11) is 0. The van der Waals surface area contributed by atoms with E-state index in [9.17, 15) is 10.2 Å². The number of benzene rings is 3. The summed E-state index contributed by atoms with van der Waals surface area (Å²) in [6.07, 6.45) is 0. The molecule has 0 spiro atoms. The smallest absolute Gasteiger partial charge is 0.139 e.